The lowest BCUT2D eigenvalue weighted by Gasteiger charge is -2.29. The first-order chi connectivity index (χ1) is 16.7. The summed E-state index contributed by atoms with van der Waals surface area (Å²) in [6.07, 6.45) is 8.58. The molecule has 2 heterocycles. The number of carbonyl (C=O) groups excluding carboxylic acids is 4. The highest BCUT2D eigenvalue weighted by Crippen LogP contribution is 2.27. The van der Waals surface area contributed by atoms with E-state index in [1.165, 1.54) is 6.42 Å². The average Bonchev–Trinajstić information content (AvgIpc) is 3.27. The Kier molecular flexibility index (Phi) is 9.62. The van der Waals surface area contributed by atoms with Crippen molar-refractivity contribution in [3.05, 3.63) is 11.9 Å². The monoisotopic (exact) mass is 489 g/mol. The number of rotatable bonds is 3. The third-order valence-corrected chi connectivity index (χ3v) is 6.77. The van der Waals surface area contributed by atoms with Crippen LogP contribution in [0.1, 0.15) is 77.8 Å². The topological polar surface area (TPSA) is 147 Å². The minimum absolute atomic E-state index is 0.173. The van der Waals surface area contributed by atoms with Crippen LogP contribution < -0.4 is 21.3 Å². The van der Waals surface area contributed by atoms with Crippen LogP contribution in [0.2, 0.25) is 0 Å². The second-order valence-corrected chi connectivity index (χ2v) is 10.1. The van der Waals surface area contributed by atoms with E-state index in [2.05, 4.69) is 31.6 Å². The molecule has 194 valence electrons. The van der Waals surface area contributed by atoms with Gasteiger partial charge in [0, 0.05) is 13.0 Å². The first-order valence-corrected chi connectivity index (χ1v) is 12.8. The summed E-state index contributed by atoms with van der Waals surface area (Å²) in [5.74, 6) is -1.20. The molecule has 1 aromatic heterocycles. The molecular weight excluding hydrogens is 450 g/mol. The minimum atomic E-state index is -0.831. The molecule has 0 unspecified atom stereocenters. The van der Waals surface area contributed by atoms with Crippen LogP contribution in [0.5, 0.6) is 0 Å². The highest BCUT2D eigenvalue weighted by molar-refractivity contribution is 5.94. The van der Waals surface area contributed by atoms with E-state index in [0.717, 1.165) is 25.7 Å². The summed E-state index contributed by atoms with van der Waals surface area (Å²) in [5, 5.41) is 19.3. The molecule has 0 aromatic carbocycles. The van der Waals surface area contributed by atoms with Crippen molar-refractivity contribution in [3.8, 4) is 0 Å². The molecule has 2 bridgehead atoms. The van der Waals surface area contributed by atoms with E-state index in [-0.39, 0.29) is 36.6 Å². The van der Waals surface area contributed by atoms with Gasteiger partial charge in [-0.3, -0.25) is 23.9 Å². The number of nitrogens with one attached hydrogen (secondary N) is 4. The summed E-state index contributed by atoms with van der Waals surface area (Å²) in [4.78, 5) is 51.5. The molecule has 4 N–H and O–H groups in total. The fourth-order valence-corrected chi connectivity index (χ4v) is 4.67. The van der Waals surface area contributed by atoms with Crippen LogP contribution in [0.25, 0.3) is 0 Å². The maximum atomic E-state index is 13.3. The molecule has 4 amide bonds. The molecule has 0 saturated heterocycles. The number of nitrogens with zero attached hydrogens (tertiary/aromatic N) is 3. The lowest BCUT2D eigenvalue weighted by molar-refractivity contribution is -0.134. The summed E-state index contributed by atoms with van der Waals surface area (Å²) >= 11 is 0. The summed E-state index contributed by atoms with van der Waals surface area (Å²) in [5.41, 5.74) is 0.585. The normalized spacial score (nSPS) is 26.2. The highest BCUT2D eigenvalue weighted by atomic mass is 16.2. The van der Waals surface area contributed by atoms with Gasteiger partial charge in [0.05, 0.1) is 12.7 Å². The third-order valence-electron chi connectivity index (χ3n) is 6.77. The number of carbonyl (C=O) groups is 4. The van der Waals surface area contributed by atoms with Crippen LogP contribution in [0.15, 0.2) is 6.20 Å². The molecule has 35 heavy (non-hydrogen) atoms. The second-order valence-electron chi connectivity index (χ2n) is 10.1. The van der Waals surface area contributed by atoms with Crippen LogP contribution in [-0.4, -0.2) is 56.7 Å². The zero-order chi connectivity index (χ0) is 25.4. The number of aromatic nitrogens is 3. The molecule has 3 atom stereocenters. The smallest absolute Gasteiger partial charge is 0.243 e. The number of hydrogen-bond acceptors (Lipinski definition) is 6. The predicted molar refractivity (Wildman–Crippen MR) is 129 cm³/mol. The van der Waals surface area contributed by atoms with E-state index < -0.39 is 24.0 Å². The van der Waals surface area contributed by atoms with Crippen LogP contribution in [0.3, 0.4) is 0 Å². The van der Waals surface area contributed by atoms with Gasteiger partial charge in [0.1, 0.15) is 23.8 Å². The van der Waals surface area contributed by atoms with Crippen molar-refractivity contribution in [2.75, 3.05) is 0 Å². The number of amides is 4. The molecule has 1 fully saturated rings. The van der Waals surface area contributed by atoms with Crippen molar-refractivity contribution in [2.24, 2.45) is 11.8 Å². The van der Waals surface area contributed by atoms with E-state index >= 15 is 0 Å². The largest absolute Gasteiger partial charge is 0.349 e. The van der Waals surface area contributed by atoms with Gasteiger partial charge < -0.3 is 21.3 Å². The first-order valence-electron chi connectivity index (χ1n) is 12.8. The maximum Gasteiger partial charge on any atom is 0.243 e. The Labute approximate surface area is 206 Å². The number of hydrogen-bond donors (Lipinski definition) is 4. The molecule has 2 aliphatic rings. The van der Waals surface area contributed by atoms with Crippen molar-refractivity contribution >= 4 is 23.6 Å². The SMILES string of the molecule is CC(C)[C@@H]1NC(=O)[C@H](CC2CCCCC2)NC(=O)CCCn2cc(nn2)CNC(=O)[C@@H](C)NC1=O. The van der Waals surface area contributed by atoms with Crippen molar-refractivity contribution < 1.29 is 19.2 Å². The van der Waals surface area contributed by atoms with E-state index in [9.17, 15) is 19.2 Å². The molecule has 11 heteroatoms. The molecular formula is C24H39N7O4. The standard InChI is InChI=1S/C24H39N7O4/c1-15(2)21-24(35)26-16(3)22(33)25-13-18-14-31(30-29-18)11-7-10-20(32)27-19(23(34)28-21)12-17-8-5-4-6-9-17/h14-17,19,21H,4-13H2,1-3H3,(H,25,33)(H,26,35)(H,27,32)(H,28,34)/t16-,19+,21+/m1/s1. The predicted octanol–water partition coefficient (Wildman–Crippen LogP) is 0.789. The van der Waals surface area contributed by atoms with Gasteiger partial charge in [-0.05, 0) is 31.6 Å². The molecule has 3 rings (SSSR count). The van der Waals surface area contributed by atoms with E-state index in [1.807, 2.05) is 13.8 Å². The van der Waals surface area contributed by atoms with Crippen molar-refractivity contribution in [3.63, 3.8) is 0 Å². The summed E-state index contributed by atoms with van der Waals surface area (Å²) in [6, 6.07) is -2.34. The van der Waals surface area contributed by atoms with Crippen LogP contribution in [-0.2, 0) is 32.3 Å². The van der Waals surface area contributed by atoms with Crippen LogP contribution in [0, 0.1) is 11.8 Å². The van der Waals surface area contributed by atoms with Crippen molar-refractivity contribution in [2.45, 2.75) is 103 Å². The molecule has 1 aliphatic carbocycles. The van der Waals surface area contributed by atoms with E-state index in [0.29, 0.717) is 31.0 Å². The quantitative estimate of drug-likeness (QED) is 0.494. The van der Waals surface area contributed by atoms with E-state index in [1.54, 1.807) is 17.8 Å². The average molecular weight is 490 g/mol. The second kappa shape index (κ2) is 12.6. The molecule has 1 aliphatic heterocycles. The van der Waals surface area contributed by atoms with Crippen LogP contribution >= 0.6 is 0 Å². The Morgan fingerprint density at radius 3 is 2.43 bits per heavy atom. The molecule has 0 spiro atoms. The van der Waals surface area contributed by atoms with Gasteiger partial charge >= 0.3 is 0 Å². The highest BCUT2D eigenvalue weighted by Gasteiger charge is 2.32. The van der Waals surface area contributed by atoms with Crippen LogP contribution in [0.4, 0.5) is 0 Å². The van der Waals surface area contributed by atoms with Gasteiger partial charge in [-0.25, -0.2) is 0 Å². The Morgan fingerprint density at radius 2 is 1.71 bits per heavy atom. The molecule has 1 saturated carbocycles. The van der Waals surface area contributed by atoms with Gasteiger partial charge in [0.2, 0.25) is 23.6 Å². The Morgan fingerprint density at radius 1 is 0.971 bits per heavy atom. The summed E-state index contributed by atoms with van der Waals surface area (Å²) in [6.45, 7) is 5.93. The van der Waals surface area contributed by atoms with Gasteiger partial charge in [-0.1, -0.05) is 51.2 Å². The Balaban J connectivity index is 1.79. The number of aryl methyl sites for hydroxylation is 1. The first kappa shape index (κ1) is 26.6. The van der Waals surface area contributed by atoms with Gasteiger partial charge in [-0.15, -0.1) is 5.10 Å². The molecule has 0 radical (unpaired) electrons. The van der Waals surface area contributed by atoms with Crippen molar-refractivity contribution in [1.29, 1.82) is 0 Å². The fraction of sp³-hybridized carbons (Fsp3) is 0.750. The zero-order valence-corrected chi connectivity index (χ0v) is 21.0. The lowest BCUT2D eigenvalue weighted by atomic mass is 9.84. The maximum absolute atomic E-state index is 13.3. The molecule has 11 nitrogen and oxygen atoms in total. The van der Waals surface area contributed by atoms with Gasteiger partial charge in [0.25, 0.3) is 0 Å². The zero-order valence-electron chi connectivity index (χ0n) is 21.0. The Hall–Kier alpha value is -2.98. The van der Waals surface area contributed by atoms with Crippen molar-refractivity contribution in [1.82, 2.24) is 36.3 Å². The number of fused-ring (bicyclic) bond motifs is 2. The third kappa shape index (κ3) is 8.03. The lowest BCUT2D eigenvalue weighted by Crippen LogP contribution is -2.58. The fourth-order valence-electron chi connectivity index (χ4n) is 4.67. The van der Waals surface area contributed by atoms with E-state index in [4.69, 9.17) is 0 Å². The summed E-state index contributed by atoms with van der Waals surface area (Å²) < 4.78 is 1.63. The van der Waals surface area contributed by atoms with Gasteiger partial charge in [0.15, 0.2) is 0 Å². The molecule has 1 aromatic rings. The summed E-state index contributed by atoms with van der Waals surface area (Å²) in [7, 11) is 0. The Bertz CT molecular complexity index is 894. The van der Waals surface area contributed by atoms with Gasteiger partial charge in [-0.2, -0.15) is 0 Å². The minimum Gasteiger partial charge on any atom is -0.349 e.